The standard InChI is InChI=1S/C25H25NO.2ClH.Zr/c1-18-15-19(17-26-22-13-14-22)24(27)23(16-18)25(2,20-9-5-3-6-10-20)21-11-7-4-8-12-21;;;/h3-12,15-17,22,27H,13-14H2,1-2H3;2*1H;/q;;;+2/p-2. The fraction of sp³-hybridized carbons (Fsp3) is 0.240. The maximum atomic E-state index is 11.2. The van der Waals surface area contributed by atoms with E-state index in [0.29, 0.717) is 11.8 Å². The molecule has 1 saturated carbocycles. The Labute approximate surface area is 197 Å². The molecule has 0 aliphatic heterocycles. The summed E-state index contributed by atoms with van der Waals surface area (Å²) in [5, 5.41) is 11.2. The molecule has 3 aromatic rings. The first-order chi connectivity index (χ1) is 14.5. The fourth-order valence-corrected chi connectivity index (χ4v) is 3.72. The molecule has 1 aliphatic carbocycles. The quantitative estimate of drug-likeness (QED) is 0.287. The normalized spacial score (nSPS) is 13.6. The molecule has 2 nitrogen and oxygen atoms in total. The number of aryl methyl sites for hydroxylation is 1. The zero-order valence-electron chi connectivity index (χ0n) is 17.1. The van der Waals surface area contributed by atoms with Crippen molar-refractivity contribution in [2.75, 3.05) is 0 Å². The molecule has 1 fully saturated rings. The second kappa shape index (κ2) is 10.8. The Kier molecular flexibility index (Phi) is 8.34. The van der Waals surface area contributed by atoms with Crippen molar-refractivity contribution in [1.29, 1.82) is 0 Å². The van der Waals surface area contributed by atoms with Gasteiger partial charge in [-0.1, -0.05) is 66.7 Å². The Morgan fingerprint density at radius 1 is 0.967 bits per heavy atom. The summed E-state index contributed by atoms with van der Waals surface area (Å²) in [7, 11) is 9.87. The van der Waals surface area contributed by atoms with Crippen molar-refractivity contribution in [3.05, 3.63) is 101 Å². The predicted molar refractivity (Wildman–Crippen MR) is 124 cm³/mol. The van der Waals surface area contributed by atoms with E-state index in [1.165, 1.54) is 0 Å². The number of benzene rings is 3. The third kappa shape index (κ3) is 5.44. The van der Waals surface area contributed by atoms with Crippen molar-refractivity contribution < 1.29 is 26.0 Å². The Morgan fingerprint density at radius 3 is 1.93 bits per heavy atom. The van der Waals surface area contributed by atoms with Crippen LogP contribution in [0.4, 0.5) is 0 Å². The molecule has 0 bridgehead atoms. The summed E-state index contributed by atoms with van der Waals surface area (Å²) in [6.07, 6.45) is 4.16. The first-order valence-corrected chi connectivity index (χ1v) is 16.3. The van der Waals surface area contributed by atoms with Crippen molar-refractivity contribution >= 4 is 23.2 Å². The average molecular weight is 518 g/mol. The number of aromatic hydroxyl groups is 1. The van der Waals surface area contributed by atoms with E-state index in [1.54, 1.807) is 0 Å². The Balaban J connectivity index is 0.000000806. The van der Waals surface area contributed by atoms with E-state index < -0.39 is 26.3 Å². The van der Waals surface area contributed by atoms with E-state index in [1.807, 2.05) is 24.4 Å². The summed E-state index contributed by atoms with van der Waals surface area (Å²) >= 11 is -0.826. The number of rotatable bonds is 5. The molecule has 30 heavy (non-hydrogen) atoms. The Bertz CT molecular complexity index is 949. The summed E-state index contributed by atoms with van der Waals surface area (Å²) in [5.74, 6) is 0.320. The molecule has 0 amide bonds. The van der Waals surface area contributed by atoms with Crippen LogP contribution in [0, 0.1) is 6.92 Å². The van der Waals surface area contributed by atoms with E-state index in [4.69, 9.17) is 17.0 Å². The number of phenolic OH excluding ortho intramolecular Hbond substituents is 1. The monoisotopic (exact) mass is 515 g/mol. The van der Waals surface area contributed by atoms with Crippen LogP contribution in [0.5, 0.6) is 5.75 Å². The van der Waals surface area contributed by atoms with Crippen molar-refractivity contribution in [2.24, 2.45) is 4.99 Å². The average Bonchev–Trinajstić information content (AvgIpc) is 3.60. The number of hydrogen-bond acceptors (Lipinski definition) is 2. The van der Waals surface area contributed by atoms with Gasteiger partial charge in [-0.25, -0.2) is 0 Å². The Hall–Kier alpha value is -1.41. The van der Waals surface area contributed by atoms with Crippen LogP contribution >= 0.6 is 17.0 Å². The van der Waals surface area contributed by atoms with E-state index in [9.17, 15) is 5.11 Å². The van der Waals surface area contributed by atoms with Crippen LogP contribution in [0.2, 0.25) is 0 Å². The molecular weight excluding hydrogens is 492 g/mol. The number of hydrogen-bond donors (Lipinski definition) is 1. The molecule has 3 aromatic carbocycles. The molecule has 154 valence electrons. The predicted octanol–water partition coefficient (Wildman–Crippen LogP) is 7.01. The van der Waals surface area contributed by atoms with Crippen molar-refractivity contribution in [3.8, 4) is 5.75 Å². The van der Waals surface area contributed by atoms with Gasteiger partial charge in [0.2, 0.25) is 0 Å². The fourth-order valence-electron chi connectivity index (χ4n) is 3.72. The van der Waals surface area contributed by atoms with Crippen molar-refractivity contribution in [1.82, 2.24) is 0 Å². The number of nitrogens with zero attached hydrogens (tertiary/aromatic N) is 1. The second-order valence-electron chi connectivity index (χ2n) is 7.69. The van der Waals surface area contributed by atoms with Crippen LogP contribution in [0.15, 0.2) is 77.8 Å². The third-order valence-corrected chi connectivity index (χ3v) is 5.50. The summed E-state index contributed by atoms with van der Waals surface area (Å²) in [6.45, 7) is 4.27. The molecule has 5 heteroatoms. The molecule has 0 unspecified atom stereocenters. The number of aliphatic imine (C=N–C) groups is 1. The van der Waals surface area contributed by atoms with Crippen LogP contribution in [-0.4, -0.2) is 17.4 Å². The van der Waals surface area contributed by atoms with Gasteiger partial charge in [0.25, 0.3) is 0 Å². The summed E-state index contributed by atoms with van der Waals surface area (Å²) in [4.78, 5) is 4.59. The van der Waals surface area contributed by atoms with Crippen LogP contribution < -0.4 is 0 Å². The zero-order valence-corrected chi connectivity index (χ0v) is 21.1. The molecule has 4 rings (SSSR count). The molecule has 0 atom stereocenters. The maximum absolute atomic E-state index is 11.2. The van der Waals surface area contributed by atoms with E-state index in [0.717, 1.165) is 40.7 Å². The van der Waals surface area contributed by atoms with E-state index in [2.05, 4.69) is 73.4 Å². The molecule has 1 aliphatic rings. The van der Waals surface area contributed by atoms with E-state index >= 15 is 0 Å². The van der Waals surface area contributed by atoms with Crippen LogP contribution in [0.1, 0.15) is 47.6 Å². The van der Waals surface area contributed by atoms with E-state index in [-0.39, 0.29) is 0 Å². The summed E-state index contributed by atoms with van der Waals surface area (Å²) in [5.41, 5.74) is 4.69. The molecule has 0 radical (unpaired) electrons. The SMILES string of the molecule is Cc1cc(C=NC2CC2)c(O)c(C(C)(c2ccccc2)c2ccccc2)c1.[Cl][Zr][Cl]. The minimum atomic E-state index is -0.826. The van der Waals surface area contributed by atoms with Crippen molar-refractivity contribution in [3.63, 3.8) is 0 Å². The molecule has 0 aromatic heterocycles. The first-order valence-electron chi connectivity index (χ1n) is 9.95. The first kappa shape index (κ1) is 23.3. The van der Waals surface area contributed by atoms with Crippen molar-refractivity contribution in [2.45, 2.75) is 38.1 Å². The van der Waals surface area contributed by atoms with Gasteiger partial charge in [-0.2, -0.15) is 0 Å². The molecule has 0 saturated heterocycles. The Morgan fingerprint density at radius 2 is 1.47 bits per heavy atom. The number of halogens is 2. The van der Waals surface area contributed by atoms with Crippen LogP contribution in [0.3, 0.4) is 0 Å². The zero-order chi connectivity index (χ0) is 21.6. The van der Waals surface area contributed by atoms with Gasteiger partial charge in [-0.3, -0.25) is 4.99 Å². The molecule has 0 heterocycles. The van der Waals surface area contributed by atoms with Crippen LogP contribution in [0.25, 0.3) is 0 Å². The minimum absolute atomic E-state index is 0.320. The van der Waals surface area contributed by atoms with Gasteiger partial charge in [0, 0.05) is 22.8 Å². The van der Waals surface area contributed by atoms with Gasteiger partial charge >= 0.3 is 37.9 Å². The van der Waals surface area contributed by atoms with Crippen LogP contribution in [-0.2, 0) is 26.3 Å². The second-order valence-corrected chi connectivity index (χ2v) is 11.4. The molecule has 0 spiro atoms. The summed E-state index contributed by atoms with van der Waals surface area (Å²) in [6, 6.07) is 25.3. The molecule has 1 N–H and O–H groups in total. The summed E-state index contributed by atoms with van der Waals surface area (Å²) < 4.78 is 0. The van der Waals surface area contributed by atoms with Gasteiger partial charge in [0.05, 0.1) is 6.04 Å². The van der Waals surface area contributed by atoms with Gasteiger partial charge in [-0.05, 0) is 49.4 Å². The van der Waals surface area contributed by atoms with Gasteiger partial charge in [0.15, 0.2) is 0 Å². The number of phenols is 1. The van der Waals surface area contributed by atoms with Gasteiger partial charge in [0.1, 0.15) is 5.75 Å². The molecular formula is C25H25Cl2NOZr. The van der Waals surface area contributed by atoms with Gasteiger partial charge in [-0.15, -0.1) is 0 Å². The third-order valence-electron chi connectivity index (χ3n) is 5.50. The topological polar surface area (TPSA) is 32.6 Å². The van der Waals surface area contributed by atoms with Gasteiger partial charge < -0.3 is 5.11 Å².